The molecule has 0 radical (unpaired) electrons. The third-order valence-corrected chi connectivity index (χ3v) is 4.92. The Morgan fingerprint density at radius 2 is 1.95 bits per heavy atom. The summed E-state index contributed by atoms with van der Waals surface area (Å²) in [6.45, 7) is 6.99. The predicted octanol–water partition coefficient (Wildman–Crippen LogP) is 2.33. The van der Waals surface area contributed by atoms with Crippen LogP contribution in [-0.4, -0.2) is 48.7 Å². The molecule has 4 heteroatoms. The van der Waals surface area contributed by atoms with Crippen molar-refractivity contribution in [3.05, 3.63) is 0 Å². The molecule has 1 spiro atoms. The first-order valence-electron chi connectivity index (χ1n) is 8.34. The molecule has 1 N–H and O–H groups in total. The quantitative estimate of drug-likeness (QED) is 0.841. The molecule has 1 unspecified atom stereocenters. The Hall–Kier alpha value is -0.610. The van der Waals surface area contributed by atoms with Gasteiger partial charge >= 0.3 is 0 Å². The Labute approximate surface area is 123 Å². The fraction of sp³-hybridized carbons (Fsp3) is 0.938. The van der Waals surface area contributed by atoms with Crippen LogP contribution in [0, 0.1) is 0 Å². The van der Waals surface area contributed by atoms with Crippen molar-refractivity contribution in [3.8, 4) is 0 Å². The van der Waals surface area contributed by atoms with Gasteiger partial charge in [-0.25, -0.2) is 0 Å². The zero-order valence-corrected chi connectivity index (χ0v) is 13.1. The average molecular weight is 282 g/mol. The van der Waals surface area contributed by atoms with Crippen molar-refractivity contribution in [1.29, 1.82) is 0 Å². The lowest BCUT2D eigenvalue weighted by atomic mass is 9.78. The molecule has 116 valence electrons. The topological polar surface area (TPSA) is 41.6 Å². The van der Waals surface area contributed by atoms with Gasteiger partial charge in [-0.2, -0.15) is 0 Å². The molecule has 1 aliphatic heterocycles. The lowest BCUT2D eigenvalue weighted by Crippen LogP contribution is -2.50. The Morgan fingerprint density at radius 1 is 1.25 bits per heavy atom. The van der Waals surface area contributed by atoms with E-state index in [4.69, 9.17) is 4.74 Å². The maximum atomic E-state index is 12.0. The molecule has 1 amide bonds. The molecule has 1 saturated heterocycles. The van der Waals surface area contributed by atoms with Gasteiger partial charge in [-0.05, 0) is 39.5 Å². The molecule has 1 atom stereocenters. The predicted molar refractivity (Wildman–Crippen MR) is 80.7 cm³/mol. The first-order valence-corrected chi connectivity index (χ1v) is 8.34. The number of rotatable bonds is 5. The number of ether oxygens (including phenoxy) is 1. The Kier molecular flexibility index (Phi) is 5.85. The van der Waals surface area contributed by atoms with Gasteiger partial charge in [0.05, 0.1) is 12.1 Å². The molecule has 2 aliphatic rings. The van der Waals surface area contributed by atoms with Crippen molar-refractivity contribution < 1.29 is 9.53 Å². The summed E-state index contributed by atoms with van der Waals surface area (Å²) in [5, 5.41) is 3.47. The van der Waals surface area contributed by atoms with Crippen LogP contribution in [0.3, 0.4) is 0 Å². The van der Waals surface area contributed by atoms with E-state index in [9.17, 15) is 4.79 Å². The summed E-state index contributed by atoms with van der Waals surface area (Å²) in [5.74, 6) is 0.221. The third kappa shape index (κ3) is 3.95. The minimum Gasteiger partial charge on any atom is -0.375 e. The van der Waals surface area contributed by atoms with Crippen molar-refractivity contribution in [2.24, 2.45) is 0 Å². The minimum absolute atomic E-state index is 0.117. The second-order valence-corrected chi connectivity index (χ2v) is 6.23. The van der Waals surface area contributed by atoms with Crippen molar-refractivity contribution in [2.45, 2.75) is 70.4 Å². The van der Waals surface area contributed by atoms with Gasteiger partial charge in [-0.3, -0.25) is 4.79 Å². The molecule has 2 fully saturated rings. The average Bonchev–Trinajstić information content (AvgIpc) is 2.47. The summed E-state index contributed by atoms with van der Waals surface area (Å²) in [6.07, 6.45) is 8.47. The normalized spacial score (nSPS) is 25.6. The molecule has 1 aliphatic carbocycles. The standard InChI is InChI=1S/C16H30N2O2/c1-3-18(4-2)15(19)13-17-14-8-11-20-16(12-14)9-6-5-7-10-16/h14,17H,3-13H2,1-2H3. The van der Waals surface area contributed by atoms with Gasteiger partial charge in [-0.1, -0.05) is 19.3 Å². The van der Waals surface area contributed by atoms with Gasteiger partial charge in [0.25, 0.3) is 0 Å². The van der Waals surface area contributed by atoms with Crippen LogP contribution in [0.25, 0.3) is 0 Å². The summed E-state index contributed by atoms with van der Waals surface area (Å²) in [7, 11) is 0. The van der Waals surface area contributed by atoms with Crippen LogP contribution >= 0.6 is 0 Å². The van der Waals surface area contributed by atoms with Crippen LogP contribution in [0.4, 0.5) is 0 Å². The Bertz CT molecular complexity index is 304. The second-order valence-electron chi connectivity index (χ2n) is 6.23. The summed E-state index contributed by atoms with van der Waals surface area (Å²) in [4.78, 5) is 13.9. The molecule has 2 rings (SSSR count). The number of likely N-dealkylation sites (N-methyl/N-ethyl adjacent to an activating group) is 1. The van der Waals surface area contributed by atoms with Gasteiger partial charge in [0, 0.05) is 25.7 Å². The van der Waals surface area contributed by atoms with Gasteiger partial charge in [0.15, 0.2) is 0 Å². The van der Waals surface area contributed by atoms with E-state index >= 15 is 0 Å². The number of nitrogens with zero attached hydrogens (tertiary/aromatic N) is 1. The number of hydrogen-bond donors (Lipinski definition) is 1. The van der Waals surface area contributed by atoms with Crippen LogP contribution in [0.15, 0.2) is 0 Å². The zero-order chi connectivity index (χ0) is 14.4. The minimum atomic E-state index is 0.117. The highest BCUT2D eigenvalue weighted by molar-refractivity contribution is 5.78. The summed E-state index contributed by atoms with van der Waals surface area (Å²) >= 11 is 0. The van der Waals surface area contributed by atoms with E-state index in [0.717, 1.165) is 32.5 Å². The molecule has 4 nitrogen and oxygen atoms in total. The number of carbonyl (C=O) groups is 1. The molecule has 20 heavy (non-hydrogen) atoms. The van der Waals surface area contributed by atoms with E-state index in [2.05, 4.69) is 5.32 Å². The molecule has 0 aromatic carbocycles. The first-order chi connectivity index (χ1) is 9.69. The van der Waals surface area contributed by atoms with Crippen molar-refractivity contribution in [1.82, 2.24) is 10.2 Å². The number of amides is 1. The zero-order valence-electron chi connectivity index (χ0n) is 13.1. The maximum Gasteiger partial charge on any atom is 0.236 e. The van der Waals surface area contributed by atoms with Crippen molar-refractivity contribution in [2.75, 3.05) is 26.2 Å². The summed E-state index contributed by atoms with van der Waals surface area (Å²) in [6, 6.07) is 0.446. The Balaban J connectivity index is 1.79. The number of nitrogens with one attached hydrogen (secondary N) is 1. The van der Waals surface area contributed by atoms with Gasteiger partial charge in [0.2, 0.25) is 5.91 Å². The van der Waals surface area contributed by atoms with E-state index in [1.165, 1.54) is 32.1 Å². The molecule has 1 saturated carbocycles. The summed E-state index contributed by atoms with van der Waals surface area (Å²) in [5.41, 5.74) is 0.117. The fourth-order valence-electron chi connectivity index (χ4n) is 3.67. The lowest BCUT2D eigenvalue weighted by Gasteiger charge is -2.43. The smallest absolute Gasteiger partial charge is 0.236 e. The van der Waals surface area contributed by atoms with E-state index in [1.54, 1.807) is 0 Å². The van der Waals surface area contributed by atoms with E-state index in [1.807, 2.05) is 18.7 Å². The van der Waals surface area contributed by atoms with Crippen LogP contribution in [0.1, 0.15) is 58.8 Å². The highest BCUT2D eigenvalue weighted by Crippen LogP contribution is 2.38. The Morgan fingerprint density at radius 3 is 2.60 bits per heavy atom. The fourth-order valence-corrected chi connectivity index (χ4v) is 3.67. The third-order valence-electron chi connectivity index (χ3n) is 4.92. The van der Waals surface area contributed by atoms with Crippen LogP contribution in [0.2, 0.25) is 0 Å². The van der Waals surface area contributed by atoms with Gasteiger partial charge in [-0.15, -0.1) is 0 Å². The number of carbonyl (C=O) groups excluding carboxylic acids is 1. The van der Waals surface area contributed by atoms with Gasteiger partial charge < -0.3 is 15.0 Å². The van der Waals surface area contributed by atoms with Gasteiger partial charge in [0.1, 0.15) is 0 Å². The van der Waals surface area contributed by atoms with E-state index in [-0.39, 0.29) is 11.5 Å². The molecule has 1 heterocycles. The van der Waals surface area contributed by atoms with Crippen LogP contribution < -0.4 is 5.32 Å². The molecule has 0 aromatic rings. The molecule has 0 aromatic heterocycles. The second kappa shape index (κ2) is 7.41. The first kappa shape index (κ1) is 15.8. The van der Waals surface area contributed by atoms with E-state index in [0.29, 0.717) is 12.6 Å². The molecular formula is C16H30N2O2. The maximum absolute atomic E-state index is 12.0. The monoisotopic (exact) mass is 282 g/mol. The lowest BCUT2D eigenvalue weighted by molar-refractivity contribution is -0.131. The van der Waals surface area contributed by atoms with E-state index < -0.39 is 0 Å². The summed E-state index contributed by atoms with van der Waals surface area (Å²) < 4.78 is 6.10. The highest BCUT2D eigenvalue weighted by atomic mass is 16.5. The molecular weight excluding hydrogens is 252 g/mol. The van der Waals surface area contributed by atoms with Crippen LogP contribution in [-0.2, 0) is 9.53 Å². The largest absolute Gasteiger partial charge is 0.375 e. The van der Waals surface area contributed by atoms with Crippen molar-refractivity contribution >= 4 is 5.91 Å². The van der Waals surface area contributed by atoms with Crippen molar-refractivity contribution in [3.63, 3.8) is 0 Å². The number of hydrogen-bond acceptors (Lipinski definition) is 3. The van der Waals surface area contributed by atoms with Crippen LogP contribution in [0.5, 0.6) is 0 Å². The SMILES string of the molecule is CCN(CC)C(=O)CNC1CCOC2(CCCCC2)C1. The molecule has 0 bridgehead atoms. The highest BCUT2D eigenvalue weighted by Gasteiger charge is 2.38.